The van der Waals surface area contributed by atoms with Crippen LogP contribution in [0.25, 0.3) is 10.9 Å². The van der Waals surface area contributed by atoms with Gasteiger partial charge in [-0.25, -0.2) is 0 Å². The van der Waals surface area contributed by atoms with Crippen LogP contribution < -0.4 is 4.74 Å². The van der Waals surface area contributed by atoms with E-state index in [1.807, 2.05) is 45.0 Å². The third kappa shape index (κ3) is 3.95. The van der Waals surface area contributed by atoms with Gasteiger partial charge in [-0.2, -0.15) is 0 Å². The van der Waals surface area contributed by atoms with E-state index in [2.05, 4.69) is 10.2 Å². The fraction of sp³-hybridized carbons (Fsp3) is 0.250. The Labute approximate surface area is 162 Å². The number of hydrogen-bond donors (Lipinski definition) is 1. The average molecular weight is 386 g/mol. The molecule has 0 spiro atoms. The number of para-hydroxylation sites is 1. The van der Waals surface area contributed by atoms with E-state index in [0.717, 1.165) is 16.5 Å². The van der Waals surface area contributed by atoms with Crippen LogP contribution in [-0.2, 0) is 4.79 Å². The molecule has 0 saturated carbocycles. The SMILES string of the molecule is Cc1cc(OCC(=O)N=Nc2c(O)n(C(C)C)c3ccccc23)ccc1Cl. The van der Waals surface area contributed by atoms with Crippen molar-refractivity contribution in [1.82, 2.24) is 4.57 Å². The molecular weight excluding hydrogens is 366 g/mol. The van der Waals surface area contributed by atoms with Gasteiger partial charge in [0.25, 0.3) is 0 Å². The first kappa shape index (κ1) is 18.9. The molecule has 0 aliphatic heterocycles. The van der Waals surface area contributed by atoms with Gasteiger partial charge in [-0.1, -0.05) is 29.8 Å². The van der Waals surface area contributed by atoms with Crippen molar-refractivity contribution in [3.8, 4) is 11.6 Å². The van der Waals surface area contributed by atoms with Crippen molar-refractivity contribution in [2.45, 2.75) is 26.8 Å². The van der Waals surface area contributed by atoms with Crippen molar-refractivity contribution in [2.75, 3.05) is 6.61 Å². The number of aromatic nitrogens is 1. The summed E-state index contributed by atoms with van der Waals surface area (Å²) < 4.78 is 7.17. The third-order valence-electron chi connectivity index (χ3n) is 4.13. The van der Waals surface area contributed by atoms with E-state index in [1.165, 1.54) is 0 Å². The van der Waals surface area contributed by atoms with Gasteiger partial charge in [0, 0.05) is 16.5 Å². The number of fused-ring (bicyclic) bond motifs is 1. The van der Waals surface area contributed by atoms with Crippen LogP contribution in [0.4, 0.5) is 5.69 Å². The van der Waals surface area contributed by atoms with E-state index in [1.54, 1.807) is 22.8 Å². The van der Waals surface area contributed by atoms with E-state index in [4.69, 9.17) is 16.3 Å². The standard InChI is InChI=1S/C20H20ClN3O3/c1-12(2)24-17-7-5-4-6-15(17)19(20(24)26)23-22-18(25)11-27-14-8-9-16(21)13(3)10-14/h4-10,12,26H,11H2,1-3H3. The molecule has 3 aromatic rings. The molecule has 0 bridgehead atoms. The molecule has 1 heterocycles. The molecule has 140 valence electrons. The second-order valence-corrected chi connectivity index (χ2v) is 6.85. The summed E-state index contributed by atoms with van der Waals surface area (Å²) >= 11 is 5.97. The quantitative estimate of drug-likeness (QED) is 0.582. The molecule has 1 N–H and O–H groups in total. The third-order valence-corrected chi connectivity index (χ3v) is 4.55. The number of azo groups is 1. The number of aryl methyl sites for hydroxylation is 1. The average Bonchev–Trinajstić information content (AvgIpc) is 2.92. The Morgan fingerprint density at radius 1 is 1.26 bits per heavy atom. The van der Waals surface area contributed by atoms with Crippen molar-refractivity contribution in [3.05, 3.63) is 53.1 Å². The maximum absolute atomic E-state index is 12.0. The minimum Gasteiger partial charge on any atom is -0.493 e. The Morgan fingerprint density at radius 3 is 2.70 bits per heavy atom. The molecule has 0 fully saturated rings. The first-order valence-corrected chi connectivity index (χ1v) is 8.91. The van der Waals surface area contributed by atoms with Gasteiger partial charge in [0.2, 0.25) is 5.88 Å². The molecule has 0 atom stereocenters. The Balaban J connectivity index is 1.78. The van der Waals surface area contributed by atoms with Crippen LogP contribution in [0.5, 0.6) is 11.6 Å². The number of amides is 1. The number of benzene rings is 2. The zero-order valence-electron chi connectivity index (χ0n) is 15.3. The number of rotatable bonds is 5. The zero-order valence-corrected chi connectivity index (χ0v) is 16.1. The van der Waals surface area contributed by atoms with Crippen molar-refractivity contribution in [1.29, 1.82) is 0 Å². The Bertz CT molecular complexity index is 1020. The Kier molecular flexibility index (Phi) is 5.46. The monoisotopic (exact) mass is 385 g/mol. The van der Waals surface area contributed by atoms with Gasteiger partial charge >= 0.3 is 5.91 Å². The lowest BCUT2D eigenvalue weighted by molar-refractivity contribution is -0.120. The van der Waals surface area contributed by atoms with Crippen LogP contribution in [0.1, 0.15) is 25.5 Å². The summed E-state index contributed by atoms with van der Waals surface area (Å²) in [5.74, 6) is -0.0416. The van der Waals surface area contributed by atoms with Crippen LogP contribution in [-0.4, -0.2) is 22.2 Å². The highest BCUT2D eigenvalue weighted by Gasteiger charge is 2.18. The largest absolute Gasteiger partial charge is 0.493 e. The molecule has 27 heavy (non-hydrogen) atoms. The molecular formula is C20H20ClN3O3. The summed E-state index contributed by atoms with van der Waals surface area (Å²) in [6.45, 7) is 5.51. The molecule has 0 unspecified atom stereocenters. The fourth-order valence-corrected chi connectivity index (χ4v) is 2.96. The van der Waals surface area contributed by atoms with Crippen molar-refractivity contribution in [2.24, 2.45) is 10.2 Å². The van der Waals surface area contributed by atoms with Gasteiger partial charge in [-0.3, -0.25) is 4.79 Å². The lowest BCUT2D eigenvalue weighted by Gasteiger charge is -2.10. The summed E-state index contributed by atoms with van der Waals surface area (Å²) in [6, 6.07) is 12.6. The second-order valence-electron chi connectivity index (χ2n) is 6.45. The highest BCUT2D eigenvalue weighted by molar-refractivity contribution is 6.31. The predicted molar refractivity (Wildman–Crippen MR) is 105 cm³/mol. The Morgan fingerprint density at radius 2 is 2.00 bits per heavy atom. The number of nitrogens with zero attached hydrogens (tertiary/aromatic N) is 3. The number of carbonyl (C=O) groups excluding carboxylic acids is 1. The van der Waals surface area contributed by atoms with E-state index in [-0.39, 0.29) is 24.2 Å². The summed E-state index contributed by atoms with van der Waals surface area (Å²) in [5.41, 5.74) is 1.96. The lowest BCUT2D eigenvalue weighted by atomic mass is 10.2. The van der Waals surface area contributed by atoms with Gasteiger partial charge in [0.1, 0.15) is 5.75 Å². The maximum Gasteiger partial charge on any atom is 0.302 e. The van der Waals surface area contributed by atoms with Crippen LogP contribution in [0.3, 0.4) is 0 Å². The van der Waals surface area contributed by atoms with Crippen LogP contribution in [0, 0.1) is 6.92 Å². The summed E-state index contributed by atoms with van der Waals surface area (Å²) in [4.78, 5) is 12.0. The van der Waals surface area contributed by atoms with E-state index < -0.39 is 5.91 Å². The number of halogens is 1. The van der Waals surface area contributed by atoms with Crippen molar-refractivity contribution in [3.63, 3.8) is 0 Å². The number of carbonyl (C=O) groups is 1. The fourth-order valence-electron chi connectivity index (χ4n) is 2.84. The first-order chi connectivity index (χ1) is 12.9. The zero-order chi connectivity index (χ0) is 19.6. The second kappa shape index (κ2) is 7.80. The smallest absolute Gasteiger partial charge is 0.302 e. The van der Waals surface area contributed by atoms with Crippen LogP contribution in [0.15, 0.2) is 52.7 Å². The van der Waals surface area contributed by atoms with Crippen molar-refractivity contribution < 1.29 is 14.6 Å². The molecule has 6 nitrogen and oxygen atoms in total. The van der Waals surface area contributed by atoms with Gasteiger partial charge in [-0.05, 0) is 50.6 Å². The minimum absolute atomic E-state index is 0.0167. The van der Waals surface area contributed by atoms with E-state index in [0.29, 0.717) is 10.8 Å². The Hall–Kier alpha value is -2.86. The maximum atomic E-state index is 12.0. The predicted octanol–water partition coefficient (Wildman–Crippen LogP) is 5.58. The highest BCUT2D eigenvalue weighted by atomic mass is 35.5. The van der Waals surface area contributed by atoms with Crippen LogP contribution >= 0.6 is 11.6 Å². The number of hydrogen-bond acceptors (Lipinski definition) is 4. The normalized spacial score (nSPS) is 11.6. The van der Waals surface area contributed by atoms with Crippen LogP contribution in [0.2, 0.25) is 5.02 Å². The lowest BCUT2D eigenvalue weighted by Crippen LogP contribution is -2.07. The summed E-state index contributed by atoms with van der Waals surface area (Å²) in [6.07, 6.45) is 0. The molecule has 0 aliphatic rings. The number of aromatic hydroxyl groups is 1. The van der Waals surface area contributed by atoms with E-state index >= 15 is 0 Å². The highest BCUT2D eigenvalue weighted by Crippen LogP contribution is 2.40. The molecule has 0 radical (unpaired) electrons. The molecule has 0 aliphatic carbocycles. The molecule has 1 aromatic heterocycles. The number of ether oxygens (including phenoxy) is 1. The van der Waals surface area contributed by atoms with Gasteiger partial charge < -0.3 is 14.4 Å². The van der Waals surface area contributed by atoms with Gasteiger partial charge in [0.15, 0.2) is 12.3 Å². The molecule has 7 heteroatoms. The minimum atomic E-state index is -0.552. The molecule has 2 aromatic carbocycles. The van der Waals surface area contributed by atoms with E-state index in [9.17, 15) is 9.90 Å². The molecule has 0 saturated heterocycles. The van der Waals surface area contributed by atoms with Crippen molar-refractivity contribution >= 4 is 34.1 Å². The molecule has 3 rings (SSSR count). The van der Waals surface area contributed by atoms with Gasteiger partial charge in [-0.15, -0.1) is 10.2 Å². The summed E-state index contributed by atoms with van der Waals surface area (Å²) in [7, 11) is 0. The topological polar surface area (TPSA) is 76.2 Å². The molecule has 1 amide bonds. The van der Waals surface area contributed by atoms with Gasteiger partial charge in [0.05, 0.1) is 5.52 Å². The summed E-state index contributed by atoms with van der Waals surface area (Å²) in [5, 5.41) is 19.6. The first-order valence-electron chi connectivity index (χ1n) is 8.54.